The van der Waals surface area contributed by atoms with Crippen LogP contribution in [0.4, 0.5) is 14.6 Å². The highest BCUT2D eigenvalue weighted by Gasteiger charge is 2.20. The molecule has 3 aromatic rings. The molecule has 1 fully saturated rings. The van der Waals surface area contributed by atoms with Crippen molar-refractivity contribution in [2.24, 2.45) is 5.92 Å². The van der Waals surface area contributed by atoms with Gasteiger partial charge in [-0.25, -0.2) is 23.7 Å². The summed E-state index contributed by atoms with van der Waals surface area (Å²) in [7, 11) is 0. The molecule has 1 saturated carbocycles. The lowest BCUT2D eigenvalue weighted by Crippen LogP contribution is -2.26. The molecule has 6 nitrogen and oxygen atoms in total. The van der Waals surface area contributed by atoms with Crippen LogP contribution in [0.5, 0.6) is 0 Å². The quantitative estimate of drug-likeness (QED) is 0.372. The summed E-state index contributed by atoms with van der Waals surface area (Å²) in [6.07, 6.45) is 13.9. The first kappa shape index (κ1) is 21.8. The maximum absolute atomic E-state index is 11.8. The second-order valence-electron chi connectivity index (χ2n) is 7.24. The van der Waals surface area contributed by atoms with E-state index >= 15 is 0 Å². The van der Waals surface area contributed by atoms with E-state index < -0.39 is 12.5 Å². The van der Waals surface area contributed by atoms with Crippen molar-refractivity contribution in [2.75, 3.05) is 18.4 Å². The highest BCUT2D eigenvalue weighted by Crippen LogP contribution is 2.32. The molecule has 1 aliphatic rings. The van der Waals surface area contributed by atoms with E-state index in [9.17, 15) is 8.78 Å². The minimum atomic E-state index is -2.70. The summed E-state index contributed by atoms with van der Waals surface area (Å²) in [4.78, 5) is 16.4. The molecule has 9 heteroatoms. The van der Waals surface area contributed by atoms with Gasteiger partial charge < -0.3 is 15.6 Å². The van der Waals surface area contributed by atoms with Gasteiger partial charge in [0.15, 0.2) is 5.82 Å². The van der Waals surface area contributed by atoms with Crippen molar-refractivity contribution in [3.8, 4) is 23.9 Å². The van der Waals surface area contributed by atoms with E-state index in [1.54, 1.807) is 12.4 Å². The van der Waals surface area contributed by atoms with Gasteiger partial charge in [-0.2, -0.15) is 0 Å². The summed E-state index contributed by atoms with van der Waals surface area (Å²) >= 11 is 6.04. The molecule has 3 aromatic heterocycles. The molecule has 0 aromatic carbocycles. The first-order valence-electron chi connectivity index (χ1n) is 9.62. The number of hydrogen-bond donors (Lipinski definition) is 3. The first-order valence-corrected chi connectivity index (χ1v) is 10.00. The minimum Gasteiger partial charge on any atom is -0.370 e. The van der Waals surface area contributed by atoms with Crippen molar-refractivity contribution in [3.05, 3.63) is 35.7 Å². The van der Waals surface area contributed by atoms with E-state index in [-0.39, 0.29) is 0 Å². The van der Waals surface area contributed by atoms with Crippen molar-refractivity contribution in [1.82, 2.24) is 25.3 Å². The molecule has 0 aliphatic heterocycles. The lowest BCUT2D eigenvalue weighted by atomic mass is 10.2. The Bertz CT molecular complexity index is 1020. The van der Waals surface area contributed by atoms with Gasteiger partial charge in [0.05, 0.1) is 11.6 Å². The van der Waals surface area contributed by atoms with Crippen molar-refractivity contribution in [2.45, 2.75) is 32.1 Å². The third-order valence-corrected chi connectivity index (χ3v) is 4.66. The van der Waals surface area contributed by atoms with Crippen LogP contribution in [0.1, 0.15) is 26.2 Å². The fourth-order valence-corrected chi connectivity index (χ4v) is 2.92. The Labute approximate surface area is 178 Å². The highest BCUT2D eigenvalue weighted by atomic mass is 35.5. The minimum absolute atomic E-state index is 0.455. The third kappa shape index (κ3) is 6.56. The number of hydrogen-bond acceptors (Lipinski definition) is 5. The Morgan fingerprint density at radius 1 is 1.37 bits per heavy atom. The number of halogens is 3. The number of terminal acetylenes is 1. The summed E-state index contributed by atoms with van der Waals surface area (Å²) in [5, 5.41) is 6.98. The molecule has 4 rings (SSSR count). The van der Waals surface area contributed by atoms with Gasteiger partial charge in [0.2, 0.25) is 0 Å². The van der Waals surface area contributed by atoms with Gasteiger partial charge in [-0.3, -0.25) is 0 Å². The predicted molar refractivity (Wildman–Crippen MR) is 115 cm³/mol. The number of aromatic nitrogens is 4. The normalized spacial score (nSPS) is 13.3. The van der Waals surface area contributed by atoms with Gasteiger partial charge in [0.25, 0.3) is 5.92 Å². The molecule has 3 N–H and O–H groups in total. The van der Waals surface area contributed by atoms with Crippen molar-refractivity contribution < 1.29 is 8.78 Å². The molecule has 0 amide bonds. The molecule has 0 saturated heterocycles. The summed E-state index contributed by atoms with van der Waals surface area (Å²) in [5.41, 5.74) is 1.70. The lowest BCUT2D eigenvalue weighted by Gasteiger charge is -2.06. The number of H-pyrrole nitrogens is 1. The number of aromatic amines is 1. The Kier molecular flexibility index (Phi) is 7.06. The molecule has 30 heavy (non-hydrogen) atoms. The van der Waals surface area contributed by atoms with E-state index in [1.807, 2.05) is 24.4 Å². The molecule has 0 spiro atoms. The smallest absolute Gasteiger partial charge is 0.262 e. The molecular weight excluding hydrogens is 410 g/mol. The monoisotopic (exact) mass is 432 g/mol. The average Bonchev–Trinajstić information content (AvgIpc) is 3.44. The van der Waals surface area contributed by atoms with Gasteiger partial charge in [0.1, 0.15) is 11.5 Å². The third-order valence-electron chi connectivity index (χ3n) is 4.45. The van der Waals surface area contributed by atoms with Crippen LogP contribution in [0.25, 0.3) is 22.4 Å². The zero-order valence-electron chi connectivity index (χ0n) is 16.6. The second-order valence-corrected chi connectivity index (χ2v) is 7.68. The predicted octanol–water partition coefficient (Wildman–Crippen LogP) is 4.71. The second kappa shape index (κ2) is 9.72. The SMILES string of the molecule is C#CNCC(C)(F)F.Clc1cnc2[nH]cc(-c3nccc(NCCC4CC4)n3)c2c1. The van der Waals surface area contributed by atoms with Crippen LogP contribution in [-0.2, 0) is 0 Å². The lowest BCUT2D eigenvalue weighted by molar-refractivity contribution is 0.0267. The number of nitrogens with one attached hydrogen (secondary N) is 3. The Morgan fingerprint density at radius 2 is 2.17 bits per heavy atom. The number of fused-ring (bicyclic) bond motifs is 1. The molecular formula is C21H23ClF2N6. The standard InChI is InChI=1S/C16H16ClN5.C5H7F2N/c17-11-7-12-13(9-21-15(12)20-8-11)16-19-6-4-14(22-16)18-5-3-10-1-2-10;1-3-8-4-5(2,6)7/h4,6-10H,1-3,5H2,(H,20,21)(H,18,19,22);1,8H,4H2,2H3. The van der Waals surface area contributed by atoms with E-state index in [1.165, 1.54) is 19.3 Å². The molecule has 0 radical (unpaired) electrons. The van der Waals surface area contributed by atoms with Gasteiger partial charge in [-0.15, -0.1) is 0 Å². The number of nitrogens with zero attached hydrogens (tertiary/aromatic N) is 3. The summed E-state index contributed by atoms with van der Waals surface area (Å²) in [5.74, 6) is -0.260. The van der Waals surface area contributed by atoms with Crippen LogP contribution in [0.3, 0.4) is 0 Å². The van der Waals surface area contributed by atoms with E-state index in [2.05, 4.69) is 37.0 Å². The number of anilines is 1. The average molecular weight is 433 g/mol. The Hall–Kier alpha value is -2.92. The van der Waals surface area contributed by atoms with Crippen LogP contribution in [-0.4, -0.2) is 38.9 Å². The zero-order valence-corrected chi connectivity index (χ0v) is 17.3. The fourth-order valence-electron chi connectivity index (χ4n) is 2.77. The first-order chi connectivity index (χ1) is 14.4. The summed E-state index contributed by atoms with van der Waals surface area (Å²) < 4.78 is 23.5. The zero-order chi connectivity index (χ0) is 21.6. The number of pyridine rings is 1. The van der Waals surface area contributed by atoms with Gasteiger partial charge >= 0.3 is 0 Å². The highest BCUT2D eigenvalue weighted by molar-refractivity contribution is 6.31. The molecule has 0 bridgehead atoms. The number of alkyl halides is 2. The largest absolute Gasteiger partial charge is 0.370 e. The van der Waals surface area contributed by atoms with E-state index in [4.69, 9.17) is 11.6 Å². The van der Waals surface area contributed by atoms with Crippen LogP contribution in [0.15, 0.2) is 30.7 Å². The van der Waals surface area contributed by atoms with Crippen LogP contribution >= 0.6 is 11.6 Å². The molecule has 158 valence electrons. The van der Waals surface area contributed by atoms with Crippen LogP contribution in [0.2, 0.25) is 5.02 Å². The van der Waals surface area contributed by atoms with Crippen LogP contribution < -0.4 is 10.6 Å². The van der Waals surface area contributed by atoms with Crippen LogP contribution in [0, 0.1) is 18.4 Å². The molecule has 1 aliphatic carbocycles. The van der Waals surface area contributed by atoms with Gasteiger partial charge in [-0.05, 0) is 24.5 Å². The molecule has 0 atom stereocenters. The Morgan fingerprint density at radius 3 is 2.83 bits per heavy atom. The van der Waals surface area contributed by atoms with Gasteiger partial charge in [-0.1, -0.05) is 30.9 Å². The topological polar surface area (TPSA) is 78.5 Å². The fraction of sp³-hybridized carbons (Fsp3) is 0.381. The van der Waals surface area contributed by atoms with Crippen molar-refractivity contribution in [3.63, 3.8) is 0 Å². The van der Waals surface area contributed by atoms with E-state index in [0.717, 1.165) is 41.8 Å². The summed E-state index contributed by atoms with van der Waals surface area (Å²) in [6, 6.07) is 5.67. The van der Waals surface area contributed by atoms with E-state index in [0.29, 0.717) is 10.8 Å². The van der Waals surface area contributed by atoms with Gasteiger partial charge in [0, 0.05) is 49.1 Å². The maximum atomic E-state index is 11.8. The van der Waals surface area contributed by atoms with Crippen molar-refractivity contribution >= 4 is 28.5 Å². The molecule has 0 unspecified atom stereocenters. The summed E-state index contributed by atoms with van der Waals surface area (Å²) in [6.45, 7) is 1.31. The Balaban J connectivity index is 0.000000275. The molecule has 3 heterocycles. The van der Waals surface area contributed by atoms with Crippen molar-refractivity contribution in [1.29, 1.82) is 0 Å². The maximum Gasteiger partial charge on any atom is 0.262 e. The number of rotatable bonds is 7.